The standard InChI is InChI=1S/C15H24F3N5O2S2/c1-3-19-14(21-9-13-11(2)22-10-26-13)20-8-12-4-6-23(7-5-12)27(24,25)15(16,17)18/h10,12H,3-9H2,1-2H3,(H2,19,20,21). The van der Waals surface area contributed by atoms with E-state index in [0.29, 0.717) is 42.7 Å². The first-order valence-electron chi connectivity index (χ1n) is 8.62. The molecule has 0 saturated carbocycles. The first-order valence-corrected chi connectivity index (χ1v) is 10.9. The molecule has 0 aliphatic carbocycles. The molecule has 0 aromatic carbocycles. The van der Waals surface area contributed by atoms with Gasteiger partial charge < -0.3 is 10.6 Å². The summed E-state index contributed by atoms with van der Waals surface area (Å²) >= 11 is 1.53. The van der Waals surface area contributed by atoms with E-state index >= 15 is 0 Å². The van der Waals surface area contributed by atoms with E-state index in [1.807, 2.05) is 13.8 Å². The van der Waals surface area contributed by atoms with E-state index in [0.717, 1.165) is 10.6 Å². The van der Waals surface area contributed by atoms with Crippen LogP contribution < -0.4 is 10.6 Å². The SMILES string of the molecule is CCNC(=NCc1scnc1C)NCC1CCN(S(=O)(=O)C(F)(F)F)CC1. The summed E-state index contributed by atoms with van der Waals surface area (Å²) in [5.74, 6) is 0.703. The van der Waals surface area contributed by atoms with Crippen molar-refractivity contribution in [1.29, 1.82) is 0 Å². The van der Waals surface area contributed by atoms with Crippen molar-refractivity contribution in [3.63, 3.8) is 0 Å². The molecule has 0 spiro atoms. The third-order valence-corrected chi connectivity index (χ3v) is 6.88. The molecule has 12 heteroatoms. The first kappa shape index (κ1) is 21.9. The molecule has 154 valence electrons. The molecule has 0 bridgehead atoms. The van der Waals surface area contributed by atoms with Gasteiger partial charge in [-0.3, -0.25) is 0 Å². The smallest absolute Gasteiger partial charge is 0.357 e. The van der Waals surface area contributed by atoms with Crippen LogP contribution in [-0.4, -0.2) is 55.4 Å². The predicted molar refractivity (Wildman–Crippen MR) is 98.9 cm³/mol. The second kappa shape index (κ2) is 9.20. The van der Waals surface area contributed by atoms with Gasteiger partial charge >= 0.3 is 15.5 Å². The maximum atomic E-state index is 12.6. The number of guanidine groups is 1. The van der Waals surface area contributed by atoms with Crippen molar-refractivity contribution < 1.29 is 21.6 Å². The summed E-state index contributed by atoms with van der Waals surface area (Å²) in [6, 6.07) is 0. The summed E-state index contributed by atoms with van der Waals surface area (Å²) in [7, 11) is -5.23. The minimum Gasteiger partial charge on any atom is -0.357 e. The number of thiazole rings is 1. The highest BCUT2D eigenvalue weighted by atomic mass is 32.2. The fourth-order valence-electron chi connectivity index (χ4n) is 2.71. The number of piperidine rings is 1. The van der Waals surface area contributed by atoms with E-state index in [1.54, 1.807) is 5.51 Å². The molecule has 2 heterocycles. The Balaban J connectivity index is 1.86. The van der Waals surface area contributed by atoms with Crippen LogP contribution in [0.4, 0.5) is 13.2 Å². The van der Waals surface area contributed by atoms with Crippen LogP contribution in [0.5, 0.6) is 0 Å². The van der Waals surface area contributed by atoms with Gasteiger partial charge in [0.25, 0.3) is 0 Å². The molecule has 7 nitrogen and oxygen atoms in total. The number of hydrogen-bond donors (Lipinski definition) is 2. The number of aliphatic imine (C=N–C) groups is 1. The minimum absolute atomic E-state index is 0.0821. The van der Waals surface area contributed by atoms with Crippen molar-refractivity contribution in [2.45, 2.75) is 38.7 Å². The van der Waals surface area contributed by atoms with Gasteiger partial charge in [0.05, 0.1) is 17.7 Å². The first-order chi connectivity index (χ1) is 12.6. The molecular formula is C15H24F3N5O2S2. The van der Waals surface area contributed by atoms with Gasteiger partial charge in [0, 0.05) is 31.1 Å². The number of aryl methyl sites for hydroxylation is 1. The average molecular weight is 428 g/mol. The van der Waals surface area contributed by atoms with E-state index in [4.69, 9.17) is 0 Å². The average Bonchev–Trinajstić information content (AvgIpc) is 3.02. The van der Waals surface area contributed by atoms with Crippen molar-refractivity contribution >= 4 is 27.3 Å². The Morgan fingerprint density at radius 1 is 1.37 bits per heavy atom. The highest BCUT2D eigenvalue weighted by molar-refractivity contribution is 7.90. The number of alkyl halides is 3. The Kier molecular flexibility index (Phi) is 7.46. The van der Waals surface area contributed by atoms with Gasteiger partial charge in [-0.1, -0.05) is 0 Å². The van der Waals surface area contributed by atoms with Crippen molar-refractivity contribution in [3.05, 3.63) is 16.1 Å². The van der Waals surface area contributed by atoms with Crippen LogP contribution >= 0.6 is 11.3 Å². The molecule has 1 aromatic heterocycles. The molecule has 1 aliphatic rings. The molecule has 2 rings (SSSR count). The summed E-state index contributed by atoms with van der Waals surface area (Å²) in [6.07, 6.45) is 0.741. The monoisotopic (exact) mass is 427 g/mol. The molecule has 0 radical (unpaired) electrons. The molecule has 0 unspecified atom stereocenters. The predicted octanol–water partition coefficient (Wildman–Crippen LogP) is 2.07. The minimum atomic E-state index is -5.24. The zero-order valence-corrected chi connectivity index (χ0v) is 16.8. The third kappa shape index (κ3) is 5.79. The highest BCUT2D eigenvalue weighted by Crippen LogP contribution is 2.30. The van der Waals surface area contributed by atoms with Crippen LogP contribution in [0.3, 0.4) is 0 Å². The van der Waals surface area contributed by atoms with Gasteiger partial charge in [-0.05, 0) is 32.6 Å². The molecule has 1 aliphatic heterocycles. The van der Waals surface area contributed by atoms with E-state index in [-0.39, 0.29) is 19.0 Å². The fraction of sp³-hybridized carbons (Fsp3) is 0.733. The summed E-state index contributed by atoms with van der Waals surface area (Å²) in [5.41, 5.74) is -2.53. The molecule has 0 amide bonds. The van der Waals surface area contributed by atoms with Gasteiger partial charge in [-0.15, -0.1) is 11.3 Å². The lowest BCUT2D eigenvalue weighted by Crippen LogP contribution is -2.47. The number of rotatable bonds is 6. The lowest BCUT2D eigenvalue weighted by atomic mass is 9.98. The maximum absolute atomic E-state index is 12.6. The van der Waals surface area contributed by atoms with Gasteiger partial charge in [0.15, 0.2) is 5.96 Å². The van der Waals surface area contributed by atoms with Gasteiger partial charge in [-0.25, -0.2) is 18.4 Å². The lowest BCUT2D eigenvalue weighted by Gasteiger charge is -2.31. The zero-order valence-electron chi connectivity index (χ0n) is 15.2. The van der Waals surface area contributed by atoms with E-state index in [2.05, 4.69) is 20.6 Å². The van der Waals surface area contributed by atoms with Crippen molar-refractivity contribution in [2.24, 2.45) is 10.9 Å². The number of halogens is 3. The largest absolute Gasteiger partial charge is 0.511 e. The van der Waals surface area contributed by atoms with Gasteiger partial charge in [0.1, 0.15) is 0 Å². The van der Waals surface area contributed by atoms with E-state index in [9.17, 15) is 21.6 Å². The van der Waals surface area contributed by atoms with Gasteiger partial charge in [-0.2, -0.15) is 17.5 Å². The second-order valence-electron chi connectivity index (χ2n) is 6.23. The Morgan fingerprint density at radius 3 is 2.56 bits per heavy atom. The van der Waals surface area contributed by atoms with Crippen molar-refractivity contribution in [1.82, 2.24) is 19.9 Å². The number of nitrogens with zero attached hydrogens (tertiary/aromatic N) is 3. The highest BCUT2D eigenvalue weighted by Gasteiger charge is 2.50. The molecule has 2 N–H and O–H groups in total. The Labute approximate surface area is 161 Å². The van der Waals surface area contributed by atoms with Crippen LogP contribution in [0.1, 0.15) is 30.3 Å². The molecule has 1 saturated heterocycles. The van der Waals surface area contributed by atoms with E-state index < -0.39 is 15.5 Å². The number of aromatic nitrogens is 1. The summed E-state index contributed by atoms with van der Waals surface area (Å²) in [4.78, 5) is 9.74. The van der Waals surface area contributed by atoms with Crippen LogP contribution in [0.15, 0.2) is 10.5 Å². The summed E-state index contributed by atoms with van der Waals surface area (Å²) in [5, 5.41) is 6.31. The normalized spacial score (nSPS) is 17.9. The lowest BCUT2D eigenvalue weighted by molar-refractivity contribution is -0.0496. The fourth-order valence-corrected chi connectivity index (χ4v) is 4.40. The Morgan fingerprint density at radius 2 is 2.04 bits per heavy atom. The molecule has 0 atom stereocenters. The number of sulfonamides is 1. The van der Waals surface area contributed by atoms with Crippen LogP contribution in [0.25, 0.3) is 0 Å². The molecule has 1 aromatic rings. The van der Waals surface area contributed by atoms with Crippen LogP contribution in [0.2, 0.25) is 0 Å². The summed E-state index contributed by atoms with van der Waals surface area (Å²) in [6.45, 7) is 5.31. The number of nitrogens with one attached hydrogen (secondary N) is 2. The molecule has 1 fully saturated rings. The zero-order chi connectivity index (χ0) is 20.1. The second-order valence-corrected chi connectivity index (χ2v) is 9.10. The number of hydrogen-bond acceptors (Lipinski definition) is 5. The van der Waals surface area contributed by atoms with Crippen LogP contribution in [-0.2, 0) is 16.6 Å². The van der Waals surface area contributed by atoms with E-state index in [1.165, 1.54) is 11.3 Å². The molecule has 27 heavy (non-hydrogen) atoms. The van der Waals surface area contributed by atoms with Crippen molar-refractivity contribution in [2.75, 3.05) is 26.2 Å². The van der Waals surface area contributed by atoms with Gasteiger partial charge in [0.2, 0.25) is 0 Å². The van der Waals surface area contributed by atoms with Crippen molar-refractivity contribution in [3.8, 4) is 0 Å². The quantitative estimate of drug-likeness (QED) is 0.536. The maximum Gasteiger partial charge on any atom is 0.511 e. The topological polar surface area (TPSA) is 86.7 Å². The van der Waals surface area contributed by atoms with Crippen LogP contribution in [0, 0.1) is 12.8 Å². The summed E-state index contributed by atoms with van der Waals surface area (Å²) < 4.78 is 61.2. The molecular weight excluding hydrogens is 403 g/mol. The Bertz CT molecular complexity index is 741. The Hall–Kier alpha value is -1.40. The third-order valence-electron chi connectivity index (χ3n) is 4.33.